The van der Waals surface area contributed by atoms with Crippen LogP contribution >= 0.6 is 0 Å². The maximum absolute atomic E-state index is 11.0. The first-order chi connectivity index (χ1) is 6.52. The van der Waals surface area contributed by atoms with Gasteiger partial charge in [0.25, 0.3) is 0 Å². The molecule has 1 aromatic rings. The van der Waals surface area contributed by atoms with Crippen molar-refractivity contribution in [2.75, 3.05) is 6.54 Å². The lowest BCUT2D eigenvalue weighted by Gasteiger charge is -2.37. The number of aromatic nitrogens is 1. The zero-order valence-electron chi connectivity index (χ0n) is 8.32. The number of hydrogen-bond donors (Lipinski definition) is 2. The van der Waals surface area contributed by atoms with E-state index >= 15 is 0 Å². The third-order valence-corrected chi connectivity index (χ3v) is 2.71. The van der Waals surface area contributed by atoms with Crippen molar-refractivity contribution < 1.29 is 9.90 Å². The van der Waals surface area contributed by atoms with Crippen molar-refractivity contribution in [2.45, 2.75) is 25.4 Å². The monoisotopic (exact) mass is 194 g/mol. The highest BCUT2D eigenvalue weighted by molar-refractivity contribution is 5.75. The summed E-state index contributed by atoms with van der Waals surface area (Å²) in [5.74, 6) is -0.819. The quantitative estimate of drug-likeness (QED) is 0.700. The van der Waals surface area contributed by atoms with Crippen LogP contribution < -0.4 is 5.32 Å². The Balaban J connectivity index is 2.47. The van der Waals surface area contributed by atoms with Gasteiger partial charge in [0, 0.05) is 18.4 Å². The number of carboxylic acid groups (broad SMARTS) is 1. The van der Waals surface area contributed by atoms with E-state index in [0.717, 1.165) is 5.69 Å². The van der Waals surface area contributed by atoms with E-state index in [9.17, 15) is 4.79 Å². The van der Waals surface area contributed by atoms with Crippen molar-refractivity contribution in [1.82, 2.24) is 9.88 Å². The molecule has 76 valence electrons. The lowest BCUT2D eigenvalue weighted by atomic mass is 9.99. The lowest BCUT2D eigenvalue weighted by molar-refractivity contribution is -0.140. The van der Waals surface area contributed by atoms with Gasteiger partial charge in [-0.25, -0.2) is 0 Å². The molecule has 2 heterocycles. The lowest BCUT2D eigenvalue weighted by Crippen LogP contribution is -2.48. The molecule has 1 unspecified atom stereocenters. The molecule has 1 aliphatic heterocycles. The number of carbonyl (C=O) groups is 1. The molecule has 2 rings (SSSR count). The summed E-state index contributed by atoms with van der Waals surface area (Å²) in [6, 6.07) is 3.17. The minimum absolute atomic E-state index is 0.0508. The molecule has 1 atom stereocenters. The molecule has 0 spiro atoms. The van der Waals surface area contributed by atoms with Gasteiger partial charge in [-0.1, -0.05) is 0 Å². The molecule has 2 N–H and O–H groups in total. The van der Waals surface area contributed by atoms with E-state index in [1.165, 1.54) is 0 Å². The second-order valence-electron chi connectivity index (χ2n) is 4.27. The maximum atomic E-state index is 11.0. The van der Waals surface area contributed by atoms with Gasteiger partial charge < -0.3 is 9.67 Å². The van der Waals surface area contributed by atoms with Crippen LogP contribution in [0, 0.1) is 0 Å². The Hall–Kier alpha value is -1.29. The van der Waals surface area contributed by atoms with E-state index in [0.29, 0.717) is 6.54 Å². The number of nitrogens with zero attached hydrogens (tertiary/aromatic N) is 1. The zero-order valence-corrected chi connectivity index (χ0v) is 8.32. The van der Waals surface area contributed by atoms with Gasteiger partial charge in [-0.3, -0.25) is 10.1 Å². The second-order valence-corrected chi connectivity index (χ2v) is 4.27. The molecule has 4 nitrogen and oxygen atoms in total. The van der Waals surface area contributed by atoms with E-state index in [2.05, 4.69) is 19.2 Å². The average molecular weight is 194 g/mol. The SMILES string of the molecule is CC1(C)CNC(C(=O)O)c2cccn21. The summed E-state index contributed by atoms with van der Waals surface area (Å²) in [7, 11) is 0. The highest BCUT2D eigenvalue weighted by Gasteiger charge is 2.34. The first-order valence-corrected chi connectivity index (χ1v) is 4.66. The number of fused-ring (bicyclic) bond motifs is 1. The second kappa shape index (κ2) is 2.85. The Bertz CT molecular complexity index is 368. The number of rotatable bonds is 1. The summed E-state index contributed by atoms with van der Waals surface area (Å²) in [6.07, 6.45) is 1.94. The van der Waals surface area contributed by atoms with Crippen LogP contribution in [-0.2, 0) is 10.3 Å². The van der Waals surface area contributed by atoms with Crippen molar-refractivity contribution >= 4 is 5.97 Å². The van der Waals surface area contributed by atoms with Gasteiger partial charge in [-0.15, -0.1) is 0 Å². The number of carboxylic acids is 1. The molecule has 1 aromatic heterocycles. The highest BCUT2D eigenvalue weighted by Crippen LogP contribution is 2.27. The molecule has 0 aromatic carbocycles. The van der Waals surface area contributed by atoms with Crippen LogP contribution in [-0.4, -0.2) is 22.2 Å². The van der Waals surface area contributed by atoms with Crippen molar-refractivity contribution in [3.8, 4) is 0 Å². The van der Waals surface area contributed by atoms with Crippen LogP contribution in [0.3, 0.4) is 0 Å². The van der Waals surface area contributed by atoms with E-state index in [1.807, 2.05) is 22.9 Å². The topological polar surface area (TPSA) is 54.3 Å². The summed E-state index contributed by atoms with van der Waals surface area (Å²) in [6.45, 7) is 4.84. The van der Waals surface area contributed by atoms with E-state index in [-0.39, 0.29) is 5.54 Å². The van der Waals surface area contributed by atoms with Crippen molar-refractivity contribution in [3.63, 3.8) is 0 Å². The normalized spacial score (nSPS) is 24.3. The van der Waals surface area contributed by atoms with E-state index in [4.69, 9.17) is 5.11 Å². The largest absolute Gasteiger partial charge is 0.480 e. The fourth-order valence-corrected chi connectivity index (χ4v) is 1.94. The van der Waals surface area contributed by atoms with Crippen molar-refractivity contribution in [1.29, 1.82) is 0 Å². The van der Waals surface area contributed by atoms with Gasteiger partial charge >= 0.3 is 5.97 Å². The fourth-order valence-electron chi connectivity index (χ4n) is 1.94. The number of hydrogen-bond acceptors (Lipinski definition) is 2. The first-order valence-electron chi connectivity index (χ1n) is 4.66. The Morgan fingerprint density at radius 3 is 3.07 bits per heavy atom. The molecule has 4 heteroatoms. The van der Waals surface area contributed by atoms with Gasteiger partial charge in [0.05, 0.1) is 5.54 Å². The molecule has 0 fully saturated rings. The Kier molecular flexibility index (Phi) is 1.89. The molecular weight excluding hydrogens is 180 g/mol. The third-order valence-electron chi connectivity index (χ3n) is 2.71. The molecule has 0 bridgehead atoms. The molecule has 0 radical (unpaired) electrons. The smallest absolute Gasteiger partial charge is 0.326 e. The Morgan fingerprint density at radius 2 is 2.43 bits per heavy atom. The third kappa shape index (κ3) is 1.23. The molecule has 0 amide bonds. The standard InChI is InChI=1S/C10H14N2O2/c1-10(2)6-11-8(9(13)14)7-4-3-5-12(7)10/h3-5,8,11H,6H2,1-2H3,(H,13,14). The first kappa shape index (κ1) is 9.27. The predicted octanol–water partition coefficient (Wildman–Crippen LogP) is 0.952. The molecule has 14 heavy (non-hydrogen) atoms. The van der Waals surface area contributed by atoms with Gasteiger partial charge in [0.1, 0.15) is 6.04 Å². The summed E-state index contributed by atoms with van der Waals surface area (Å²) >= 11 is 0. The zero-order chi connectivity index (χ0) is 10.3. The van der Waals surface area contributed by atoms with E-state index in [1.54, 1.807) is 0 Å². The summed E-state index contributed by atoms with van der Waals surface area (Å²) in [5.41, 5.74) is 0.777. The highest BCUT2D eigenvalue weighted by atomic mass is 16.4. The Morgan fingerprint density at radius 1 is 1.71 bits per heavy atom. The molecule has 0 saturated carbocycles. The predicted molar refractivity (Wildman–Crippen MR) is 52.1 cm³/mol. The van der Waals surface area contributed by atoms with Crippen molar-refractivity contribution in [2.24, 2.45) is 0 Å². The minimum atomic E-state index is -0.819. The van der Waals surface area contributed by atoms with Crippen LogP contribution in [0.4, 0.5) is 0 Å². The van der Waals surface area contributed by atoms with Crippen LogP contribution in [0.5, 0.6) is 0 Å². The molecule has 0 saturated heterocycles. The van der Waals surface area contributed by atoms with Crippen LogP contribution in [0.1, 0.15) is 25.6 Å². The maximum Gasteiger partial charge on any atom is 0.326 e. The number of aliphatic carboxylic acids is 1. The Labute approximate surface area is 82.5 Å². The van der Waals surface area contributed by atoms with Crippen molar-refractivity contribution in [3.05, 3.63) is 24.0 Å². The molecule has 1 aliphatic rings. The fraction of sp³-hybridized carbons (Fsp3) is 0.500. The van der Waals surface area contributed by atoms with Crippen LogP contribution in [0.25, 0.3) is 0 Å². The van der Waals surface area contributed by atoms with Gasteiger partial charge in [-0.05, 0) is 26.0 Å². The average Bonchev–Trinajstić information content (AvgIpc) is 2.52. The summed E-state index contributed by atoms with van der Waals surface area (Å²) < 4.78 is 2.03. The minimum Gasteiger partial charge on any atom is -0.480 e. The summed E-state index contributed by atoms with van der Waals surface area (Å²) in [4.78, 5) is 11.0. The molecule has 0 aliphatic carbocycles. The number of nitrogens with one attached hydrogen (secondary N) is 1. The van der Waals surface area contributed by atoms with Crippen LogP contribution in [0.2, 0.25) is 0 Å². The summed E-state index contributed by atoms with van der Waals surface area (Å²) in [5, 5.41) is 12.0. The van der Waals surface area contributed by atoms with E-state index < -0.39 is 12.0 Å². The van der Waals surface area contributed by atoms with Gasteiger partial charge in [-0.2, -0.15) is 0 Å². The van der Waals surface area contributed by atoms with Gasteiger partial charge in [0.15, 0.2) is 0 Å². The van der Waals surface area contributed by atoms with Gasteiger partial charge in [0.2, 0.25) is 0 Å². The van der Waals surface area contributed by atoms with Crippen LogP contribution in [0.15, 0.2) is 18.3 Å². The molecular formula is C10H14N2O2.